The predicted molar refractivity (Wildman–Crippen MR) is 60.0 cm³/mol. The summed E-state index contributed by atoms with van der Waals surface area (Å²) in [4.78, 5) is 11.5. The molecule has 0 radical (unpaired) electrons. The molecular formula is C11H13F3N2O2. The number of carbonyl (C=O) groups excluding carboxylic acids is 1. The molecule has 0 aliphatic carbocycles. The van der Waals surface area contributed by atoms with Gasteiger partial charge in [0.15, 0.2) is 6.10 Å². The van der Waals surface area contributed by atoms with Crippen LogP contribution in [0.5, 0.6) is 0 Å². The van der Waals surface area contributed by atoms with Crippen molar-refractivity contribution >= 4 is 11.6 Å². The number of anilines is 1. The molecule has 1 atom stereocenters. The second kappa shape index (κ2) is 5.26. The van der Waals surface area contributed by atoms with Gasteiger partial charge in [0.05, 0.1) is 6.54 Å². The maximum Gasteiger partial charge on any atom is 0.416 e. The number of nitrogen functional groups attached to an aromatic ring is 1. The number of alkyl halides is 3. The minimum absolute atomic E-state index is 0.191. The summed E-state index contributed by atoms with van der Waals surface area (Å²) in [7, 11) is 0. The van der Waals surface area contributed by atoms with E-state index < -0.39 is 24.7 Å². The van der Waals surface area contributed by atoms with Crippen LogP contribution < -0.4 is 11.1 Å². The molecule has 7 heteroatoms. The fourth-order valence-electron chi connectivity index (χ4n) is 1.22. The third-order valence-electron chi connectivity index (χ3n) is 2.37. The van der Waals surface area contributed by atoms with Gasteiger partial charge in [-0.05, 0) is 30.7 Å². The SMILES string of the molecule is Cc1cc(C(=O)NCC(O)C(F)(F)F)ccc1N. The van der Waals surface area contributed by atoms with Crippen molar-refractivity contribution in [2.75, 3.05) is 12.3 Å². The van der Waals surface area contributed by atoms with Crippen LogP contribution in [-0.4, -0.2) is 29.8 Å². The third kappa shape index (κ3) is 3.63. The molecule has 0 saturated carbocycles. The lowest BCUT2D eigenvalue weighted by Gasteiger charge is -2.15. The highest BCUT2D eigenvalue weighted by molar-refractivity contribution is 5.94. The Bertz CT molecular complexity index is 446. The minimum Gasteiger partial charge on any atom is -0.399 e. The highest BCUT2D eigenvalue weighted by Crippen LogP contribution is 2.19. The smallest absolute Gasteiger partial charge is 0.399 e. The molecule has 0 fully saturated rings. The number of aliphatic hydroxyl groups is 1. The van der Waals surface area contributed by atoms with Crippen LogP contribution >= 0.6 is 0 Å². The van der Waals surface area contributed by atoms with E-state index in [1.165, 1.54) is 18.2 Å². The maximum atomic E-state index is 12.0. The molecule has 0 bridgehead atoms. The number of aliphatic hydroxyl groups excluding tert-OH is 1. The first-order valence-electron chi connectivity index (χ1n) is 5.11. The molecule has 0 aliphatic rings. The highest BCUT2D eigenvalue weighted by Gasteiger charge is 2.38. The van der Waals surface area contributed by atoms with E-state index in [4.69, 9.17) is 10.8 Å². The van der Waals surface area contributed by atoms with Crippen LogP contribution in [0.2, 0.25) is 0 Å². The summed E-state index contributed by atoms with van der Waals surface area (Å²) in [5.41, 5.74) is 6.88. The molecule has 1 aromatic carbocycles. The molecule has 18 heavy (non-hydrogen) atoms. The van der Waals surface area contributed by atoms with E-state index in [1.54, 1.807) is 6.92 Å². The molecule has 1 unspecified atom stereocenters. The number of nitrogens with two attached hydrogens (primary N) is 1. The number of hydrogen-bond donors (Lipinski definition) is 3. The zero-order valence-corrected chi connectivity index (χ0v) is 9.58. The zero-order valence-electron chi connectivity index (χ0n) is 9.58. The first-order valence-corrected chi connectivity index (χ1v) is 5.11. The molecule has 0 aliphatic heterocycles. The molecule has 0 spiro atoms. The summed E-state index contributed by atoms with van der Waals surface area (Å²) in [5.74, 6) is -0.693. The van der Waals surface area contributed by atoms with Gasteiger partial charge < -0.3 is 16.2 Å². The average Bonchev–Trinajstić information content (AvgIpc) is 2.27. The third-order valence-corrected chi connectivity index (χ3v) is 2.37. The lowest BCUT2D eigenvalue weighted by Crippen LogP contribution is -2.40. The van der Waals surface area contributed by atoms with E-state index in [0.717, 1.165) is 0 Å². The second-order valence-electron chi connectivity index (χ2n) is 3.84. The Morgan fingerprint density at radius 2 is 2.11 bits per heavy atom. The number of carbonyl (C=O) groups is 1. The van der Waals surface area contributed by atoms with Gasteiger partial charge >= 0.3 is 6.18 Å². The molecule has 4 N–H and O–H groups in total. The van der Waals surface area contributed by atoms with Crippen molar-refractivity contribution in [3.05, 3.63) is 29.3 Å². The number of rotatable bonds is 3. The van der Waals surface area contributed by atoms with Crippen LogP contribution in [0.4, 0.5) is 18.9 Å². The first-order chi connectivity index (χ1) is 8.21. The zero-order chi connectivity index (χ0) is 13.9. The minimum atomic E-state index is -4.75. The molecule has 1 rings (SSSR count). The molecular weight excluding hydrogens is 249 g/mol. The van der Waals surface area contributed by atoms with Gasteiger partial charge in [0.25, 0.3) is 5.91 Å². The van der Waals surface area contributed by atoms with Gasteiger partial charge in [0, 0.05) is 11.3 Å². The topological polar surface area (TPSA) is 75.3 Å². The lowest BCUT2D eigenvalue weighted by molar-refractivity contribution is -0.201. The summed E-state index contributed by atoms with van der Waals surface area (Å²) in [6.45, 7) is 0.794. The Morgan fingerprint density at radius 1 is 1.50 bits per heavy atom. The average molecular weight is 262 g/mol. The Kier molecular flexibility index (Phi) is 4.18. The molecule has 0 saturated heterocycles. The highest BCUT2D eigenvalue weighted by atomic mass is 19.4. The lowest BCUT2D eigenvalue weighted by atomic mass is 10.1. The summed E-state index contributed by atoms with van der Waals surface area (Å²) in [5, 5.41) is 10.7. The van der Waals surface area contributed by atoms with E-state index in [1.807, 2.05) is 5.32 Å². The number of aryl methyl sites for hydroxylation is 1. The van der Waals surface area contributed by atoms with Crippen molar-refractivity contribution in [2.45, 2.75) is 19.2 Å². The van der Waals surface area contributed by atoms with Gasteiger partial charge in [-0.25, -0.2) is 0 Å². The van der Waals surface area contributed by atoms with Crippen molar-refractivity contribution in [1.82, 2.24) is 5.32 Å². The number of nitrogens with one attached hydrogen (secondary N) is 1. The summed E-state index contributed by atoms with van der Waals surface area (Å²) in [6.07, 6.45) is -7.32. The number of amides is 1. The number of hydrogen-bond acceptors (Lipinski definition) is 3. The van der Waals surface area contributed by atoms with Crippen molar-refractivity contribution in [3.63, 3.8) is 0 Å². The number of benzene rings is 1. The largest absolute Gasteiger partial charge is 0.416 e. The van der Waals surface area contributed by atoms with Crippen molar-refractivity contribution in [3.8, 4) is 0 Å². The van der Waals surface area contributed by atoms with Crippen LogP contribution in [0.25, 0.3) is 0 Å². The Balaban J connectivity index is 2.63. The normalized spacial score (nSPS) is 13.2. The predicted octanol–water partition coefficient (Wildman–Crippen LogP) is 1.23. The van der Waals surface area contributed by atoms with Gasteiger partial charge in [-0.1, -0.05) is 0 Å². The number of halogens is 3. The van der Waals surface area contributed by atoms with Crippen LogP contribution in [0.15, 0.2) is 18.2 Å². The quantitative estimate of drug-likeness (QED) is 0.717. The summed E-state index contributed by atoms with van der Waals surface area (Å²) >= 11 is 0. The fraction of sp³-hybridized carbons (Fsp3) is 0.364. The van der Waals surface area contributed by atoms with Gasteiger partial charge in [0.1, 0.15) is 0 Å². The van der Waals surface area contributed by atoms with Gasteiger partial charge in [0.2, 0.25) is 0 Å². The first kappa shape index (κ1) is 14.3. The van der Waals surface area contributed by atoms with Crippen LogP contribution in [-0.2, 0) is 0 Å². The van der Waals surface area contributed by atoms with Gasteiger partial charge in [-0.3, -0.25) is 4.79 Å². The molecule has 0 aromatic heterocycles. The van der Waals surface area contributed by atoms with Crippen molar-refractivity contribution < 1.29 is 23.1 Å². The van der Waals surface area contributed by atoms with Crippen LogP contribution in [0, 0.1) is 6.92 Å². The summed E-state index contributed by atoms with van der Waals surface area (Å²) in [6, 6.07) is 4.35. The van der Waals surface area contributed by atoms with E-state index >= 15 is 0 Å². The van der Waals surface area contributed by atoms with E-state index in [2.05, 4.69) is 0 Å². The summed E-state index contributed by atoms with van der Waals surface area (Å²) < 4.78 is 36.0. The van der Waals surface area contributed by atoms with E-state index in [0.29, 0.717) is 11.3 Å². The van der Waals surface area contributed by atoms with E-state index in [9.17, 15) is 18.0 Å². The molecule has 4 nitrogen and oxygen atoms in total. The maximum absolute atomic E-state index is 12.0. The molecule has 0 heterocycles. The monoisotopic (exact) mass is 262 g/mol. The van der Waals surface area contributed by atoms with Crippen molar-refractivity contribution in [1.29, 1.82) is 0 Å². The fourth-order valence-corrected chi connectivity index (χ4v) is 1.22. The van der Waals surface area contributed by atoms with E-state index in [-0.39, 0.29) is 5.56 Å². The second-order valence-corrected chi connectivity index (χ2v) is 3.84. The van der Waals surface area contributed by atoms with Gasteiger partial charge in [-0.15, -0.1) is 0 Å². The Hall–Kier alpha value is -1.76. The van der Waals surface area contributed by atoms with Crippen LogP contribution in [0.1, 0.15) is 15.9 Å². The standard InChI is InChI=1S/C11H13F3N2O2/c1-6-4-7(2-3-8(6)15)10(18)16-5-9(17)11(12,13)14/h2-4,9,17H,5,15H2,1H3,(H,16,18). The van der Waals surface area contributed by atoms with Crippen LogP contribution in [0.3, 0.4) is 0 Å². The molecule has 1 aromatic rings. The molecule has 1 amide bonds. The molecule has 100 valence electrons. The Morgan fingerprint density at radius 3 is 2.61 bits per heavy atom. The van der Waals surface area contributed by atoms with Gasteiger partial charge in [-0.2, -0.15) is 13.2 Å². The van der Waals surface area contributed by atoms with Crippen molar-refractivity contribution in [2.24, 2.45) is 0 Å². The Labute approximate surface area is 102 Å².